The fourth-order valence-electron chi connectivity index (χ4n) is 7.97. The smallest absolute Gasteiger partial charge is 0.150 e. The van der Waals surface area contributed by atoms with Crippen molar-refractivity contribution in [2.45, 2.75) is 78.1 Å². The molecule has 0 aromatic heterocycles. The van der Waals surface area contributed by atoms with Gasteiger partial charge in [-0.15, -0.1) is 0 Å². The van der Waals surface area contributed by atoms with Crippen molar-refractivity contribution in [2.24, 2.45) is 46.2 Å². The van der Waals surface area contributed by atoms with E-state index in [4.69, 9.17) is 5.73 Å². The van der Waals surface area contributed by atoms with Crippen LogP contribution < -0.4 is 5.73 Å². The first-order chi connectivity index (χ1) is 11.0. The average Bonchev–Trinajstić information content (AvgIpc) is 2.91. The van der Waals surface area contributed by atoms with Gasteiger partial charge in [-0.25, -0.2) is 0 Å². The van der Waals surface area contributed by atoms with Gasteiger partial charge in [0.1, 0.15) is 5.78 Å². The van der Waals surface area contributed by atoms with Crippen LogP contribution in [-0.4, -0.2) is 12.3 Å². The quantitative estimate of drug-likeness (QED) is 0.811. The Morgan fingerprint density at radius 1 is 0.913 bits per heavy atom. The Hall–Kier alpha value is -0.370. The second kappa shape index (κ2) is 5.58. The van der Waals surface area contributed by atoms with Gasteiger partial charge in [0.2, 0.25) is 0 Å². The second-order valence-electron chi connectivity index (χ2n) is 9.75. The largest absolute Gasteiger partial charge is 0.324 e. The number of carbonyl (C=O) groups is 1. The summed E-state index contributed by atoms with van der Waals surface area (Å²) in [6.07, 6.45) is 13.8. The molecule has 2 heteroatoms. The number of hydrogen-bond acceptors (Lipinski definition) is 2. The molecule has 4 aliphatic carbocycles. The molecule has 2 N–H and O–H groups in total. The lowest BCUT2D eigenvalue weighted by molar-refractivity contribution is -0.134. The molecule has 0 heterocycles. The zero-order chi connectivity index (χ0) is 16.2. The van der Waals surface area contributed by atoms with Crippen molar-refractivity contribution >= 4 is 5.78 Å². The maximum absolute atomic E-state index is 12.4. The van der Waals surface area contributed by atoms with E-state index < -0.39 is 0 Å². The molecular weight excluding hydrogens is 282 g/mol. The lowest BCUT2D eigenvalue weighted by atomic mass is 9.45. The number of ketones is 1. The average molecular weight is 318 g/mol. The summed E-state index contributed by atoms with van der Waals surface area (Å²) in [6, 6.07) is 0. The van der Waals surface area contributed by atoms with E-state index in [0.717, 1.165) is 30.1 Å². The van der Waals surface area contributed by atoms with Gasteiger partial charge in [0, 0.05) is 5.92 Å². The number of nitrogens with two attached hydrogens (primary N) is 1. The number of Topliss-reactive ketones (excluding diaryl/α,β-unsaturated/α-hetero) is 1. The third-order valence-corrected chi connectivity index (χ3v) is 9.17. The minimum Gasteiger partial charge on any atom is -0.324 e. The van der Waals surface area contributed by atoms with Crippen LogP contribution in [0.25, 0.3) is 0 Å². The molecule has 7 atom stereocenters. The lowest BCUT2D eigenvalue weighted by Gasteiger charge is -2.60. The molecule has 0 bridgehead atoms. The highest BCUT2D eigenvalue weighted by molar-refractivity contribution is 5.84. The van der Waals surface area contributed by atoms with E-state index in [1.165, 1.54) is 57.8 Å². The lowest BCUT2D eigenvalue weighted by Crippen LogP contribution is -2.53. The first kappa shape index (κ1) is 16.1. The van der Waals surface area contributed by atoms with Crippen LogP contribution in [0.2, 0.25) is 0 Å². The molecule has 0 radical (unpaired) electrons. The van der Waals surface area contributed by atoms with Crippen LogP contribution in [0.5, 0.6) is 0 Å². The maximum atomic E-state index is 12.4. The van der Waals surface area contributed by atoms with Crippen molar-refractivity contribution in [1.29, 1.82) is 0 Å². The van der Waals surface area contributed by atoms with Gasteiger partial charge < -0.3 is 5.73 Å². The van der Waals surface area contributed by atoms with Crippen molar-refractivity contribution in [3.63, 3.8) is 0 Å². The highest BCUT2D eigenvalue weighted by Gasteiger charge is 2.60. The van der Waals surface area contributed by atoms with Crippen molar-refractivity contribution in [1.82, 2.24) is 0 Å². The van der Waals surface area contributed by atoms with E-state index in [9.17, 15) is 4.79 Å². The van der Waals surface area contributed by atoms with Gasteiger partial charge >= 0.3 is 0 Å². The Kier molecular flexibility index (Phi) is 3.91. The van der Waals surface area contributed by atoms with E-state index in [1.54, 1.807) is 0 Å². The molecule has 130 valence electrons. The van der Waals surface area contributed by atoms with Crippen LogP contribution in [0, 0.1) is 40.4 Å². The molecule has 4 rings (SSSR count). The molecule has 0 spiro atoms. The van der Waals surface area contributed by atoms with Gasteiger partial charge in [-0.2, -0.15) is 0 Å². The molecule has 4 aliphatic rings. The predicted molar refractivity (Wildman–Crippen MR) is 93.9 cm³/mol. The van der Waals surface area contributed by atoms with Gasteiger partial charge in [-0.1, -0.05) is 26.7 Å². The molecule has 0 aromatic carbocycles. The van der Waals surface area contributed by atoms with Crippen LogP contribution in [0.3, 0.4) is 0 Å². The summed E-state index contributed by atoms with van der Waals surface area (Å²) in [5, 5.41) is 0. The second-order valence-corrected chi connectivity index (χ2v) is 9.75. The number of fused-ring (bicyclic) bond motifs is 5. The Morgan fingerprint density at radius 2 is 1.70 bits per heavy atom. The van der Waals surface area contributed by atoms with Gasteiger partial charge in [0.25, 0.3) is 0 Å². The maximum Gasteiger partial charge on any atom is 0.150 e. The molecule has 0 aromatic rings. The molecule has 0 amide bonds. The minimum absolute atomic E-state index is 0.251. The summed E-state index contributed by atoms with van der Waals surface area (Å²) in [6.45, 7) is 5.32. The van der Waals surface area contributed by atoms with Gasteiger partial charge in [-0.3, -0.25) is 4.79 Å². The van der Waals surface area contributed by atoms with Crippen molar-refractivity contribution in [3.8, 4) is 0 Å². The summed E-state index contributed by atoms with van der Waals surface area (Å²) >= 11 is 0. The first-order valence-electron chi connectivity index (χ1n) is 10.2. The monoisotopic (exact) mass is 317 g/mol. The zero-order valence-electron chi connectivity index (χ0n) is 15.2. The normalized spacial score (nSPS) is 52.4. The Labute approximate surface area is 142 Å². The molecule has 0 saturated heterocycles. The minimum atomic E-state index is 0.251. The fourth-order valence-corrected chi connectivity index (χ4v) is 7.97. The topological polar surface area (TPSA) is 43.1 Å². The highest BCUT2D eigenvalue weighted by Crippen LogP contribution is 2.67. The molecule has 2 nitrogen and oxygen atoms in total. The third kappa shape index (κ3) is 2.19. The SMILES string of the molecule is C[C@]12CC[C@H]3[C@@H](CCC4CCCC[C@@]43C)[C@@H]1CC[C@@H]2C(=O)CN. The number of rotatable bonds is 2. The van der Waals surface area contributed by atoms with Crippen LogP contribution in [0.1, 0.15) is 78.1 Å². The van der Waals surface area contributed by atoms with Crippen molar-refractivity contribution in [3.05, 3.63) is 0 Å². The van der Waals surface area contributed by atoms with Crippen LogP contribution >= 0.6 is 0 Å². The molecule has 23 heavy (non-hydrogen) atoms. The standard InChI is InChI=1S/C21H35NO/c1-20-11-4-3-5-14(20)6-7-15-16-8-9-18(19(23)13-22)21(16,2)12-10-17(15)20/h14-18H,3-13,22H2,1-2H3/t14?,15-,16-,17-,18+,20-,21-/m0/s1. The Balaban J connectivity index is 1.61. The van der Waals surface area contributed by atoms with E-state index in [-0.39, 0.29) is 17.9 Å². The Bertz CT molecular complexity index is 488. The molecule has 0 aliphatic heterocycles. The number of hydrogen-bond donors (Lipinski definition) is 1. The summed E-state index contributed by atoms with van der Waals surface area (Å²) < 4.78 is 0. The van der Waals surface area contributed by atoms with E-state index in [1.807, 2.05) is 0 Å². The third-order valence-electron chi connectivity index (χ3n) is 9.17. The summed E-state index contributed by atoms with van der Waals surface area (Å²) in [5.74, 6) is 4.21. The summed E-state index contributed by atoms with van der Waals surface area (Å²) in [5.41, 5.74) is 6.59. The van der Waals surface area contributed by atoms with Gasteiger partial charge in [0.05, 0.1) is 6.54 Å². The molecule has 4 fully saturated rings. The number of carbonyl (C=O) groups excluding carboxylic acids is 1. The first-order valence-corrected chi connectivity index (χ1v) is 10.2. The predicted octanol–water partition coefficient (Wildman–Crippen LogP) is 4.56. The summed E-state index contributed by atoms with van der Waals surface area (Å²) in [4.78, 5) is 12.4. The highest BCUT2D eigenvalue weighted by atomic mass is 16.1. The van der Waals surface area contributed by atoms with Gasteiger partial charge in [0.15, 0.2) is 0 Å². The molecule has 1 unspecified atom stereocenters. The fraction of sp³-hybridized carbons (Fsp3) is 0.952. The van der Waals surface area contributed by atoms with Gasteiger partial charge in [-0.05, 0) is 85.9 Å². The van der Waals surface area contributed by atoms with Crippen molar-refractivity contribution in [2.75, 3.05) is 6.54 Å². The summed E-state index contributed by atoms with van der Waals surface area (Å²) in [7, 11) is 0. The van der Waals surface area contributed by atoms with Crippen LogP contribution in [0.15, 0.2) is 0 Å². The van der Waals surface area contributed by atoms with E-state index >= 15 is 0 Å². The Morgan fingerprint density at radius 3 is 2.48 bits per heavy atom. The molecule has 4 saturated carbocycles. The molecular formula is C21H35NO. The van der Waals surface area contributed by atoms with Crippen molar-refractivity contribution < 1.29 is 4.79 Å². The van der Waals surface area contributed by atoms with E-state index in [2.05, 4.69) is 13.8 Å². The van der Waals surface area contributed by atoms with Crippen LogP contribution in [-0.2, 0) is 4.79 Å². The zero-order valence-corrected chi connectivity index (χ0v) is 15.2. The van der Waals surface area contributed by atoms with Crippen LogP contribution in [0.4, 0.5) is 0 Å². The van der Waals surface area contributed by atoms with E-state index in [0.29, 0.717) is 11.2 Å².